The normalized spacial score (nSPS) is 12.2. The number of hydrogen-bond acceptors (Lipinski definition) is 4. The van der Waals surface area contributed by atoms with E-state index in [2.05, 4.69) is 10.0 Å². The lowest BCUT2D eigenvalue weighted by Gasteiger charge is -2.21. The summed E-state index contributed by atoms with van der Waals surface area (Å²) in [6, 6.07) is 20.3. The highest BCUT2D eigenvalue weighted by atomic mass is 32.2. The van der Waals surface area contributed by atoms with Crippen molar-refractivity contribution in [2.24, 2.45) is 0 Å². The number of anilines is 1. The molecule has 0 fully saturated rings. The number of hydrogen-bond donors (Lipinski definition) is 2. The lowest BCUT2D eigenvalue weighted by atomic mass is 10.0. The first-order valence-electron chi connectivity index (χ1n) is 11.0. The van der Waals surface area contributed by atoms with E-state index in [1.807, 2.05) is 69.3 Å². The molecule has 3 aromatic rings. The number of amides is 1. The summed E-state index contributed by atoms with van der Waals surface area (Å²) in [4.78, 5) is 13.4. The molecule has 6 nitrogen and oxygen atoms in total. The molecule has 0 heterocycles. The minimum absolute atomic E-state index is 0.0713. The summed E-state index contributed by atoms with van der Waals surface area (Å²) in [5.74, 6) is 0.180. The zero-order valence-corrected chi connectivity index (χ0v) is 20.0. The van der Waals surface area contributed by atoms with E-state index in [0.717, 1.165) is 28.8 Å². The Kier molecular flexibility index (Phi) is 8.25. The van der Waals surface area contributed by atoms with E-state index in [9.17, 15) is 13.2 Å². The van der Waals surface area contributed by atoms with E-state index in [4.69, 9.17) is 4.74 Å². The molecule has 0 aliphatic rings. The summed E-state index contributed by atoms with van der Waals surface area (Å²) in [7, 11) is -3.94. The standard InChI is InChI=1S/C26H30N2O4S/c1-4-21-13-9-10-19(3)25(21)27-26(29)24(18-20-11-7-6-8-12-20)28-33(30,31)23-16-14-22(15-17-23)32-5-2/h6-17,24,28H,4-5,18H2,1-3H3,(H,27,29)/t24-/m0/s1. The minimum Gasteiger partial charge on any atom is -0.494 e. The van der Waals surface area contributed by atoms with Gasteiger partial charge in [-0.1, -0.05) is 55.5 Å². The quantitative estimate of drug-likeness (QED) is 0.461. The molecule has 7 heteroatoms. The van der Waals surface area contributed by atoms with Gasteiger partial charge in [0, 0.05) is 5.69 Å². The van der Waals surface area contributed by atoms with Gasteiger partial charge in [-0.25, -0.2) is 8.42 Å². The Bertz CT molecular complexity index is 1180. The summed E-state index contributed by atoms with van der Waals surface area (Å²) < 4.78 is 34.2. The fourth-order valence-corrected chi connectivity index (χ4v) is 4.78. The monoisotopic (exact) mass is 466 g/mol. The Morgan fingerprint density at radius 3 is 2.27 bits per heavy atom. The van der Waals surface area contributed by atoms with Crippen LogP contribution < -0.4 is 14.8 Å². The molecule has 0 radical (unpaired) electrons. The average molecular weight is 467 g/mol. The Morgan fingerprint density at radius 1 is 0.939 bits per heavy atom. The molecule has 3 aromatic carbocycles. The van der Waals surface area contributed by atoms with Crippen LogP contribution in [0.4, 0.5) is 5.69 Å². The second-order valence-corrected chi connectivity index (χ2v) is 9.43. The van der Waals surface area contributed by atoms with Crippen LogP contribution in [0.15, 0.2) is 77.7 Å². The molecule has 3 rings (SSSR count). The van der Waals surface area contributed by atoms with Crippen LogP contribution in [-0.2, 0) is 27.7 Å². The predicted octanol–water partition coefficient (Wildman–Crippen LogP) is 4.48. The van der Waals surface area contributed by atoms with Crippen molar-refractivity contribution in [2.45, 2.75) is 44.6 Å². The molecule has 174 valence electrons. The highest BCUT2D eigenvalue weighted by molar-refractivity contribution is 7.89. The fraction of sp³-hybridized carbons (Fsp3) is 0.269. The van der Waals surface area contributed by atoms with Crippen LogP contribution in [0.25, 0.3) is 0 Å². The van der Waals surface area contributed by atoms with Crippen molar-refractivity contribution in [1.29, 1.82) is 0 Å². The number of carbonyl (C=O) groups excluding carboxylic acids is 1. The summed E-state index contributed by atoms with van der Waals surface area (Å²) >= 11 is 0. The van der Waals surface area contributed by atoms with Crippen molar-refractivity contribution >= 4 is 21.6 Å². The lowest BCUT2D eigenvalue weighted by molar-refractivity contribution is -0.117. The summed E-state index contributed by atoms with van der Waals surface area (Å²) in [5.41, 5.74) is 3.50. The van der Waals surface area contributed by atoms with Crippen LogP contribution in [0.1, 0.15) is 30.5 Å². The maximum Gasteiger partial charge on any atom is 0.242 e. The van der Waals surface area contributed by atoms with Gasteiger partial charge in [0.1, 0.15) is 11.8 Å². The zero-order valence-electron chi connectivity index (χ0n) is 19.2. The highest BCUT2D eigenvalue weighted by Crippen LogP contribution is 2.22. The minimum atomic E-state index is -3.94. The van der Waals surface area contributed by atoms with Gasteiger partial charge in [0.2, 0.25) is 15.9 Å². The van der Waals surface area contributed by atoms with Crippen molar-refractivity contribution in [2.75, 3.05) is 11.9 Å². The number of sulfonamides is 1. The predicted molar refractivity (Wildman–Crippen MR) is 131 cm³/mol. The van der Waals surface area contributed by atoms with Crippen LogP contribution in [0.2, 0.25) is 0 Å². The first-order valence-corrected chi connectivity index (χ1v) is 12.5. The zero-order chi connectivity index (χ0) is 23.8. The molecule has 0 saturated carbocycles. The van der Waals surface area contributed by atoms with Gasteiger partial charge in [-0.3, -0.25) is 4.79 Å². The van der Waals surface area contributed by atoms with Crippen molar-refractivity contribution in [3.63, 3.8) is 0 Å². The maximum atomic E-state index is 13.3. The molecule has 0 aliphatic carbocycles. The van der Waals surface area contributed by atoms with Gasteiger partial charge in [0.15, 0.2) is 0 Å². The molecule has 1 atom stereocenters. The number of carbonyl (C=O) groups is 1. The first kappa shape index (κ1) is 24.5. The SMILES string of the molecule is CCOc1ccc(S(=O)(=O)N[C@@H](Cc2ccccc2)C(=O)Nc2c(C)cccc2CC)cc1. The van der Waals surface area contributed by atoms with Gasteiger partial charge in [-0.15, -0.1) is 0 Å². The van der Waals surface area contributed by atoms with Gasteiger partial charge in [0.05, 0.1) is 11.5 Å². The Morgan fingerprint density at radius 2 is 1.64 bits per heavy atom. The van der Waals surface area contributed by atoms with Crippen LogP contribution in [0.3, 0.4) is 0 Å². The summed E-state index contributed by atoms with van der Waals surface area (Å²) in [5, 5.41) is 2.96. The van der Waals surface area contributed by atoms with Gasteiger partial charge in [-0.05, 0) is 67.6 Å². The van der Waals surface area contributed by atoms with E-state index in [-0.39, 0.29) is 11.3 Å². The van der Waals surface area contributed by atoms with E-state index in [1.165, 1.54) is 12.1 Å². The molecule has 0 aromatic heterocycles. The third kappa shape index (κ3) is 6.43. The van der Waals surface area contributed by atoms with Gasteiger partial charge in [-0.2, -0.15) is 4.72 Å². The summed E-state index contributed by atoms with van der Waals surface area (Å²) in [6.45, 7) is 6.28. The Hall–Kier alpha value is -3.16. The van der Waals surface area contributed by atoms with E-state index >= 15 is 0 Å². The maximum absolute atomic E-state index is 13.3. The number of benzene rings is 3. The van der Waals surface area contributed by atoms with Crippen LogP contribution in [0.5, 0.6) is 5.75 Å². The number of aryl methyl sites for hydroxylation is 2. The number of nitrogens with one attached hydrogen (secondary N) is 2. The average Bonchev–Trinajstić information content (AvgIpc) is 2.81. The topological polar surface area (TPSA) is 84.5 Å². The third-order valence-electron chi connectivity index (χ3n) is 5.33. The van der Waals surface area contributed by atoms with Crippen molar-refractivity contribution in [3.8, 4) is 5.75 Å². The molecular weight excluding hydrogens is 436 g/mol. The van der Waals surface area contributed by atoms with Crippen molar-refractivity contribution in [1.82, 2.24) is 4.72 Å². The van der Waals surface area contributed by atoms with E-state index in [0.29, 0.717) is 12.4 Å². The molecule has 0 aliphatic heterocycles. The molecule has 0 unspecified atom stereocenters. The van der Waals surface area contributed by atoms with E-state index in [1.54, 1.807) is 12.1 Å². The van der Waals surface area contributed by atoms with E-state index < -0.39 is 22.0 Å². The second-order valence-electron chi connectivity index (χ2n) is 7.72. The van der Waals surface area contributed by atoms with Crippen LogP contribution in [-0.4, -0.2) is 27.0 Å². The Labute approximate surface area is 196 Å². The number of ether oxygens (including phenoxy) is 1. The fourth-order valence-electron chi connectivity index (χ4n) is 3.59. The van der Waals surface area contributed by atoms with Gasteiger partial charge < -0.3 is 10.1 Å². The van der Waals surface area contributed by atoms with Crippen molar-refractivity contribution < 1.29 is 17.9 Å². The molecule has 0 bridgehead atoms. The lowest BCUT2D eigenvalue weighted by Crippen LogP contribution is -2.45. The smallest absolute Gasteiger partial charge is 0.242 e. The largest absolute Gasteiger partial charge is 0.494 e. The molecule has 0 saturated heterocycles. The molecule has 33 heavy (non-hydrogen) atoms. The first-order chi connectivity index (χ1) is 15.8. The van der Waals surface area contributed by atoms with Crippen LogP contribution in [0, 0.1) is 6.92 Å². The third-order valence-corrected chi connectivity index (χ3v) is 6.82. The molecule has 0 spiro atoms. The van der Waals surface area contributed by atoms with Gasteiger partial charge >= 0.3 is 0 Å². The number of rotatable bonds is 10. The van der Waals surface area contributed by atoms with Crippen molar-refractivity contribution in [3.05, 3.63) is 89.5 Å². The number of para-hydroxylation sites is 1. The molecular formula is C26H30N2O4S. The van der Waals surface area contributed by atoms with Crippen LogP contribution >= 0.6 is 0 Å². The highest BCUT2D eigenvalue weighted by Gasteiger charge is 2.27. The summed E-state index contributed by atoms with van der Waals surface area (Å²) in [6.07, 6.45) is 0.967. The second kappa shape index (κ2) is 11.1. The van der Waals surface area contributed by atoms with Gasteiger partial charge in [0.25, 0.3) is 0 Å². The Balaban J connectivity index is 1.88. The molecule has 2 N–H and O–H groups in total. The molecule has 1 amide bonds.